The summed E-state index contributed by atoms with van der Waals surface area (Å²) in [7, 11) is -0.912. The van der Waals surface area contributed by atoms with Gasteiger partial charge in [0.25, 0.3) is 0 Å². The van der Waals surface area contributed by atoms with Crippen molar-refractivity contribution < 1.29 is 27.2 Å². The van der Waals surface area contributed by atoms with Gasteiger partial charge in [0, 0.05) is 10.5 Å². The molecule has 0 aromatic heterocycles. The first-order chi connectivity index (χ1) is 9.82. The summed E-state index contributed by atoms with van der Waals surface area (Å²) >= 11 is 11.8. The molecular formula is C13H14BCl2F3O3. The molecule has 0 spiro atoms. The lowest BCUT2D eigenvalue weighted by Crippen LogP contribution is -2.41. The fraction of sp³-hybridized carbons (Fsp3) is 0.538. The maximum absolute atomic E-state index is 12.4. The lowest BCUT2D eigenvalue weighted by Gasteiger charge is -2.32. The Morgan fingerprint density at radius 1 is 1.00 bits per heavy atom. The van der Waals surface area contributed by atoms with Gasteiger partial charge in [0.05, 0.1) is 16.2 Å². The van der Waals surface area contributed by atoms with Crippen LogP contribution in [0.15, 0.2) is 12.1 Å². The lowest BCUT2D eigenvalue weighted by molar-refractivity contribution is -0.274. The molecule has 1 saturated heterocycles. The van der Waals surface area contributed by atoms with Crippen molar-refractivity contribution in [2.24, 2.45) is 0 Å². The highest BCUT2D eigenvalue weighted by Gasteiger charge is 2.52. The molecular weight excluding hydrogens is 343 g/mol. The van der Waals surface area contributed by atoms with E-state index >= 15 is 0 Å². The van der Waals surface area contributed by atoms with Gasteiger partial charge in [-0.2, -0.15) is 0 Å². The van der Waals surface area contributed by atoms with Crippen LogP contribution in [0.4, 0.5) is 13.2 Å². The second kappa shape index (κ2) is 5.48. The lowest BCUT2D eigenvalue weighted by atomic mass is 9.79. The zero-order valence-electron chi connectivity index (χ0n) is 12.3. The SMILES string of the molecule is CC1(C)OB(c2cc(OC(F)(F)F)c(Cl)cc2Cl)OC1(C)C. The molecule has 1 aromatic carbocycles. The van der Waals surface area contributed by atoms with Crippen LogP contribution in [0, 0.1) is 0 Å². The molecule has 0 saturated carbocycles. The standard InChI is InChI=1S/C13H14BCl2F3O3/c1-11(2)12(3,4)22-14(21-11)7-5-10(20-13(17,18)19)9(16)6-8(7)15/h5-6H,1-4H3. The van der Waals surface area contributed by atoms with E-state index in [1.165, 1.54) is 6.07 Å². The van der Waals surface area contributed by atoms with Crippen LogP contribution in [0.2, 0.25) is 10.0 Å². The minimum atomic E-state index is -4.86. The highest BCUT2D eigenvalue weighted by atomic mass is 35.5. The van der Waals surface area contributed by atoms with Crippen LogP contribution in [0.25, 0.3) is 0 Å². The van der Waals surface area contributed by atoms with Gasteiger partial charge in [-0.25, -0.2) is 0 Å². The van der Waals surface area contributed by atoms with Gasteiger partial charge >= 0.3 is 13.5 Å². The van der Waals surface area contributed by atoms with E-state index in [4.69, 9.17) is 32.5 Å². The van der Waals surface area contributed by atoms with Crippen molar-refractivity contribution in [3.8, 4) is 5.75 Å². The average Bonchev–Trinajstić information content (AvgIpc) is 2.50. The van der Waals surface area contributed by atoms with Crippen molar-refractivity contribution in [2.75, 3.05) is 0 Å². The van der Waals surface area contributed by atoms with Crippen molar-refractivity contribution in [2.45, 2.75) is 45.3 Å². The largest absolute Gasteiger partial charge is 0.573 e. The Balaban J connectivity index is 2.39. The smallest absolute Gasteiger partial charge is 0.404 e. The van der Waals surface area contributed by atoms with Gasteiger partial charge in [-0.15, -0.1) is 13.2 Å². The summed E-state index contributed by atoms with van der Waals surface area (Å²) < 4.78 is 52.6. The van der Waals surface area contributed by atoms with Gasteiger partial charge in [-0.3, -0.25) is 0 Å². The molecule has 0 unspecified atom stereocenters. The number of hydrogen-bond donors (Lipinski definition) is 0. The third-order valence-corrected chi connectivity index (χ3v) is 4.41. The number of alkyl halides is 3. The monoisotopic (exact) mass is 356 g/mol. The molecule has 1 heterocycles. The molecule has 0 bridgehead atoms. The molecule has 22 heavy (non-hydrogen) atoms. The summed E-state index contributed by atoms with van der Waals surface area (Å²) in [6.45, 7) is 7.29. The third kappa shape index (κ3) is 3.48. The fourth-order valence-electron chi connectivity index (χ4n) is 1.90. The van der Waals surface area contributed by atoms with Gasteiger partial charge in [-0.05, 0) is 39.8 Å². The summed E-state index contributed by atoms with van der Waals surface area (Å²) in [6.07, 6.45) is -4.86. The Bertz CT molecular complexity index is 575. The third-order valence-electron chi connectivity index (χ3n) is 3.78. The topological polar surface area (TPSA) is 27.7 Å². The molecule has 2 rings (SSSR count). The highest BCUT2D eigenvalue weighted by Crippen LogP contribution is 2.38. The van der Waals surface area contributed by atoms with Crippen LogP contribution in [0.5, 0.6) is 5.75 Å². The van der Waals surface area contributed by atoms with E-state index in [1.54, 1.807) is 0 Å². The van der Waals surface area contributed by atoms with E-state index in [0.717, 1.165) is 6.07 Å². The molecule has 0 radical (unpaired) electrons. The molecule has 0 aliphatic carbocycles. The molecule has 122 valence electrons. The first kappa shape index (κ1) is 17.7. The predicted octanol–water partition coefficient (Wildman–Crippen LogP) is 4.19. The van der Waals surface area contributed by atoms with Crippen LogP contribution in [0.1, 0.15) is 27.7 Å². The number of halogens is 5. The Kier molecular flexibility index (Phi) is 4.41. The first-order valence-corrected chi connectivity index (χ1v) is 7.18. The second-order valence-electron chi connectivity index (χ2n) is 5.94. The average molecular weight is 357 g/mol. The Labute approximate surface area is 136 Å². The fourth-order valence-corrected chi connectivity index (χ4v) is 2.41. The van der Waals surface area contributed by atoms with E-state index in [2.05, 4.69) is 4.74 Å². The molecule has 0 atom stereocenters. The molecule has 9 heteroatoms. The molecule has 1 aliphatic rings. The molecule has 0 amide bonds. The van der Waals surface area contributed by atoms with Crippen molar-refractivity contribution >= 4 is 35.8 Å². The van der Waals surface area contributed by atoms with Crippen molar-refractivity contribution in [3.05, 3.63) is 22.2 Å². The van der Waals surface area contributed by atoms with Gasteiger partial charge < -0.3 is 14.0 Å². The molecule has 0 N–H and O–H groups in total. The Morgan fingerprint density at radius 3 is 1.95 bits per heavy atom. The van der Waals surface area contributed by atoms with Crippen molar-refractivity contribution in [1.82, 2.24) is 0 Å². The second-order valence-corrected chi connectivity index (χ2v) is 6.75. The maximum atomic E-state index is 12.4. The summed E-state index contributed by atoms with van der Waals surface area (Å²) in [5, 5.41) is -0.111. The summed E-state index contributed by atoms with van der Waals surface area (Å²) in [6, 6.07) is 2.25. The van der Waals surface area contributed by atoms with E-state index in [1.807, 2.05) is 27.7 Å². The van der Waals surface area contributed by atoms with E-state index in [0.29, 0.717) is 0 Å². The summed E-state index contributed by atoms with van der Waals surface area (Å²) in [5.74, 6) is -0.553. The Hall–Kier alpha value is -0.625. The molecule has 1 aromatic rings. The van der Waals surface area contributed by atoms with Gasteiger partial charge in [0.1, 0.15) is 5.75 Å². The highest BCUT2D eigenvalue weighted by molar-refractivity contribution is 6.66. The van der Waals surface area contributed by atoms with E-state index in [-0.39, 0.29) is 15.5 Å². The summed E-state index contributed by atoms with van der Waals surface area (Å²) in [5.41, 5.74) is -1.07. The van der Waals surface area contributed by atoms with Crippen LogP contribution in [-0.2, 0) is 9.31 Å². The van der Waals surface area contributed by atoms with Crippen molar-refractivity contribution in [3.63, 3.8) is 0 Å². The van der Waals surface area contributed by atoms with E-state index < -0.39 is 30.4 Å². The molecule has 1 fully saturated rings. The first-order valence-electron chi connectivity index (χ1n) is 6.43. The quantitative estimate of drug-likeness (QED) is 0.743. The van der Waals surface area contributed by atoms with Crippen LogP contribution >= 0.6 is 23.2 Å². The number of benzene rings is 1. The van der Waals surface area contributed by atoms with Crippen molar-refractivity contribution in [1.29, 1.82) is 0 Å². The van der Waals surface area contributed by atoms with Crippen LogP contribution in [-0.4, -0.2) is 24.7 Å². The van der Waals surface area contributed by atoms with E-state index in [9.17, 15) is 13.2 Å². The number of hydrogen-bond acceptors (Lipinski definition) is 3. The van der Waals surface area contributed by atoms with Gasteiger partial charge in [-0.1, -0.05) is 23.2 Å². The number of ether oxygens (including phenoxy) is 1. The normalized spacial score (nSPS) is 20.3. The van der Waals surface area contributed by atoms with Crippen LogP contribution in [0.3, 0.4) is 0 Å². The minimum absolute atomic E-state index is 0.137. The van der Waals surface area contributed by atoms with Gasteiger partial charge in [0.15, 0.2) is 0 Å². The zero-order chi connectivity index (χ0) is 16.9. The van der Waals surface area contributed by atoms with Crippen LogP contribution < -0.4 is 10.2 Å². The molecule has 1 aliphatic heterocycles. The Morgan fingerprint density at radius 2 is 1.50 bits per heavy atom. The molecule has 3 nitrogen and oxygen atoms in total. The minimum Gasteiger partial charge on any atom is -0.404 e. The predicted molar refractivity (Wildman–Crippen MR) is 78.9 cm³/mol. The zero-order valence-corrected chi connectivity index (χ0v) is 13.9. The maximum Gasteiger partial charge on any atom is 0.573 e. The summed E-state index contributed by atoms with van der Waals surface area (Å²) in [4.78, 5) is 0. The number of rotatable bonds is 2. The van der Waals surface area contributed by atoms with Gasteiger partial charge in [0.2, 0.25) is 0 Å².